The Balaban J connectivity index is 2.42. The van der Waals surface area contributed by atoms with Crippen molar-refractivity contribution in [2.45, 2.75) is 13.8 Å². The first kappa shape index (κ1) is 12.9. The molecule has 0 N–H and O–H groups in total. The lowest BCUT2D eigenvalue weighted by atomic mass is 10.1. The fourth-order valence-electron chi connectivity index (χ4n) is 1.60. The zero-order chi connectivity index (χ0) is 13.8. The number of ether oxygens (including phenoxy) is 1. The van der Waals surface area contributed by atoms with Gasteiger partial charge in [0.15, 0.2) is 0 Å². The average Bonchev–Trinajstić information content (AvgIpc) is 2.81. The molecule has 0 spiro atoms. The Morgan fingerprint density at radius 2 is 2.16 bits per heavy atom. The van der Waals surface area contributed by atoms with Gasteiger partial charge in [0.25, 0.3) is 0 Å². The first-order valence-electron chi connectivity index (χ1n) is 5.74. The van der Waals surface area contributed by atoms with Gasteiger partial charge in [0, 0.05) is 6.20 Å². The SMILES string of the molecule is CCOC(=O)c1noc(C)c1C(=O)c1ccccn1. The third-order valence-electron chi connectivity index (χ3n) is 2.46. The van der Waals surface area contributed by atoms with Crippen molar-refractivity contribution in [3.63, 3.8) is 0 Å². The zero-order valence-corrected chi connectivity index (χ0v) is 10.5. The van der Waals surface area contributed by atoms with Crippen molar-refractivity contribution in [3.05, 3.63) is 47.1 Å². The van der Waals surface area contributed by atoms with Gasteiger partial charge in [0.05, 0.1) is 6.61 Å². The normalized spacial score (nSPS) is 10.2. The van der Waals surface area contributed by atoms with Crippen LogP contribution in [0, 0.1) is 6.92 Å². The quantitative estimate of drug-likeness (QED) is 0.615. The third kappa shape index (κ3) is 2.52. The Morgan fingerprint density at radius 3 is 2.79 bits per heavy atom. The summed E-state index contributed by atoms with van der Waals surface area (Å²) in [5, 5.41) is 3.58. The molecule has 0 atom stereocenters. The standard InChI is InChI=1S/C13H12N2O4/c1-3-18-13(17)11-10(8(2)19-15-11)12(16)9-6-4-5-7-14-9/h4-7H,3H2,1-2H3. The maximum atomic E-state index is 12.3. The maximum Gasteiger partial charge on any atom is 0.361 e. The molecule has 98 valence electrons. The number of esters is 1. The van der Waals surface area contributed by atoms with E-state index < -0.39 is 11.8 Å². The summed E-state index contributed by atoms with van der Waals surface area (Å²) in [7, 11) is 0. The van der Waals surface area contributed by atoms with Crippen LogP contribution in [0.15, 0.2) is 28.9 Å². The predicted molar refractivity (Wildman–Crippen MR) is 64.9 cm³/mol. The second kappa shape index (κ2) is 5.43. The van der Waals surface area contributed by atoms with E-state index in [-0.39, 0.29) is 29.3 Å². The van der Waals surface area contributed by atoms with Gasteiger partial charge in [-0.15, -0.1) is 0 Å². The van der Waals surface area contributed by atoms with Gasteiger partial charge in [-0.1, -0.05) is 11.2 Å². The molecule has 6 heteroatoms. The second-order valence-corrected chi connectivity index (χ2v) is 3.73. The molecule has 19 heavy (non-hydrogen) atoms. The summed E-state index contributed by atoms with van der Waals surface area (Å²) in [4.78, 5) is 27.9. The highest BCUT2D eigenvalue weighted by atomic mass is 16.5. The van der Waals surface area contributed by atoms with Gasteiger partial charge in [0.2, 0.25) is 11.5 Å². The van der Waals surface area contributed by atoms with Gasteiger partial charge in [-0.3, -0.25) is 9.78 Å². The van der Waals surface area contributed by atoms with E-state index in [0.717, 1.165) is 0 Å². The summed E-state index contributed by atoms with van der Waals surface area (Å²) < 4.78 is 9.74. The van der Waals surface area contributed by atoms with Gasteiger partial charge in [-0.05, 0) is 26.0 Å². The number of hydrogen-bond acceptors (Lipinski definition) is 6. The maximum absolute atomic E-state index is 12.3. The van der Waals surface area contributed by atoms with Gasteiger partial charge in [-0.2, -0.15) is 0 Å². The Bertz CT molecular complexity index is 604. The smallest absolute Gasteiger partial charge is 0.361 e. The van der Waals surface area contributed by atoms with Crippen LogP contribution in [0.25, 0.3) is 0 Å². The fourth-order valence-corrected chi connectivity index (χ4v) is 1.60. The first-order chi connectivity index (χ1) is 9.15. The fraction of sp³-hybridized carbons (Fsp3) is 0.231. The van der Waals surface area contributed by atoms with Crippen LogP contribution in [0.4, 0.5) is 0 Å². The minimum absolute atomic E-state index is 0.0946. The number of aromatic nitrogens is 2. The summed E-state index contributed by atoms with van der Waals surface area (Å²) in [6, 6.07) is 4.94. The van der Waals surface area contributed by atoms with Crippen molar-refractivity contribution in [3.8, 4) is 0 Å². The van der Waals surface area contributed by atoms with Crippen LogP contribution < -0.4 is 0 Å². The molecule has 0 aromatic carbocycles. The van der Waals surface area contributed by atoms with Crippen molar-refractivity contribution in [2.24, 2.45) is 0 Å². The van der Waals surface area contributed by atoms with Gasteiger partial charge < -0.3 is 9.26 Å². The third-order valence-corrected chi connectivity index (χ3v) is 2.46. The Hall–Kier alpha value is -2.50. The van der Waals surface area contributed by atoms with Crippen LogP contribution in [-0.2, 0) is 4.74 Å². The minimum Gasteiger partial charge on any atom is -0.461 e. The van der Waals surface area contributed by atoms with E-state index in [4.69, 9.17) is 9.26 Å². The van der Waals surface area contributed by atoms with Crippen molar-refractivity contribution in [2.75, 3.05) is 6.61 Å². The van der Waals surface area contributed by atoms with Crippen LogP contribution in [0.3, 0.4) is 0 Å². The minimum atomic E-state index is -0.682. The number of ketones is 1. The molecule has 2 heterocycles. The van der Waals surface area contributed by atoms with Gasteiger partial charge >= 0.3 is 5.97 Å². The molecule has 0 fully saturated rings. The molecule has 6 nitrogen and oxygen atoms in total. The monoisotopic (exact) mass is 260 g/mol. The lowest BCUT2D eigenvalue weighted by Gasteiger charge is -2.01. The molecule has 0 unspecified atom stereocenters. The number of pyridine rings is 1. The lowest BCUT2D eigenvalue weighted by molar-refractivity contribution is 0.0512. The molecule has 2 aromatic rings. The summed E-state index contributed by atoms with van der Waals surface area (Å²) in [6.45, 7) is 3.43. The second-order valence-electron chi connectivity index (χ2n) is 3.73. The number of nitrogens with zero attached hydrogens (tertiary/aromatic N) is 2. The highest BCUT2D eigenvalue weighted by molar-refractivity contribution is 6.13. The Labute approximate surface area is 109 Å². The highest BCUT2D eigenvalue weighted by Gasteiger charge is 2.27. The molecule has 0 aliphatic carbocycles. The summed E-state index contributed by atoms with van der Waals surface area (Å²) in [5.41, 5.74) is 0.200. The molecular formula is C13H12N2O4. The van der Waals surface area contributed by atoms with E-state index >= 15 is 0 Å². The Morgan fingerprint density at radius 1 is 1.37 bits per heavy atom. The van der Waals surface area contributed by atoms with Crippen LogP contribution in [0.5, 0.6) is 0 Å². The van der Waals surface area contributed by atoms with Crippen molar-refractivity contribution >= 4 is 11.8 Å². The molecule has 0 radical (unpaired) electrons. The molecule has 0 aliphatic heterocycles. The van der Waals surface area contributed by atoms with E-state index in [9.17, 15) is 9.59 Å². The molecule has 0 saturated heterocycles. The zero-order valence-electron chi connectivity index (χ0n) is 10.5. The molecule has 0 amide bonds. The van der Waals surface area contributed by atoms with Gasteiger partial charge in [0.1, 0.15) is 17.0 Å². The highest BCUT2D eigenvalue weighted by Crippen LogP contribution is 2.18. The van der Waals surface area contributed by atoms with Gasteiger partial charge in [-0.25, -0.2) is 4.79 Å². The first-order valence-corrected chi connectivity index (χ1v) is 5.74. The van der Waals surface area contributed by atoms with E-state index in [1.807, 2.05) is 0 Å². The number of rotatable bonds is 4. The molecule has 0 bridgehead atoms. The van der Waals surface area contributed by atoms with Crippen LogP contribution in [0.2, 0.25) is 0 Å². The van der Waals surface area contributed by atoms with E-state index in [1.165, 1.54) is 6.20 Å². The summed E-state index contributed by atoms with van der Waals surface area (Å²) >= 11 is 0. The largest absolute Gasteiger partial charge is 0.461 e. The summed E-state index contributed by atoms with van der Waals surface area (Å²) in [6.07, 6.45) is 1.50. The molecule has 2 rings (SSSR count). The number of aryl methyl sites for hydroxylation is 1. The number of carbonyl (C=O) groups is 2. The van der Waals surface area contributed by atoms with Crippen molar-refractivity contribution in [1.29, 1.82) is 0 Å². The molecule has 0 saturated carbocycles. The molecule has 2 aromatic heterocycles. The van der Waals surface area contributed by atoms with Crippen molar-refractivity contribution in [1.82, 2.24) is 10.1 Å². The van der Waals surface area contributed by atoms with Crippen LogP contribution in [0.1, 0.15) is 39.2 Å². The molecule has 0 aliphatic rings. The average molecular weight is 260 g/mol. The van der Waals surface area contributed by atoms with E-state index in [1.54, 1.807) is 32.0 Å². The Kier molecular flexibility index (Phi) is 3.70. The number of carbonyl (C=O) groups excluding carboxylic acids is 2. The predicted octanol–water partition coefficient (Wildman–Crippen LogP) is 1.79. The van der Waals surface area contributed by atoms with E-state index in [2.05, 4.69) is 10.1 Å². The molecular weight excluding hydrogens is 248 g/mol. The van der Waals surface area contributed by atoms with Crippen LogP contribution >= 0.6 is 0 Å². The summed E-state index contributed by atoms with van der Waals surface area (Å²) in [5.74, 6) is -0.834. The van der Waals surface area contributed by atoms with E-state index in [0.29, 0.717) is 0 Å². The van der Waals surface area contributed by atoms with Crippen molar-refractivity contribution < 1.29 is 18.8 Å². The lowest BCUT2D eigenvalue weighted by Crippen LogP contribution is -2.13. The topological polar surface area (TPSA) is 82.3 Å². The number of hydrogen-bond donors (Lipinski definition) is 0. The van der Waals surface area contributed by atoms with Crippen LogP contribution in [-0.4, -0.2) is 28.5 Å².